The Morgan fingerprint density at radius 2 is 2.08 bits per heavy atom. The first-order valence-electron chi connectivity index (χ1n) is 4.40. The van der Waals surface area contributed by atoms with Gasteiger partial charge in [-0.25, -0.2) is 0 Å². The van der Waals surface area contributed by atoms with Gasteiger partial charge in [0.2, 0.25) is 5.91 Å². The van der Waals surface area contributed by atoms with Gasteiger partial charge in [0.05, 0.1) is 12.0 Å². The third-order valence-electron chi connectivity index (χ3n) is 1.59. The molecule has 0 atom stereocenters. The summed E-state index contributed by atoms with van der Waals surface area (Å²) in [5.41, 5.74) is 4.66. The van der Waals surface area contributed by atoms with Crippen LogP contribution >= 0.6 is 0 Å². The van der Waals surface area contributed by atoms with Crippen LogP contribution in [0.5, 0.6) is 0 Å². The molecule has 0 bridgehead atoms. The van der Waals surface area contributed by atoms with Crippen molar-refractivity contribution in [2.45, 2.75) is 45.6 Å². The minimum atomic E-state index is -0.402. The van der Waals surface area contributed by atoms with E-state index in [-0.39, 0.29) is 12.3 Å². The largest absolute Gasteiger partial charge is 0.375 e. The Balaban J connectivity index is 3.63. The van der Waals surface area contributed by atoms with Crippen molar-refractivity contribution < 1.29 is 9.53 Å². The van der Waals surface area contributed by atoms with Gasteiger partial charge in [0.15, 0.2) is 0 Å². The van der Waals surface area contributed by atoms with Gasteiger partial charge in [-0.1, -0.05) is 13.3 Å². The molecule has 0 aromatic heterocycles. The van der Waals surface area contributed by atoms with Crippen LogP contribution < -0.4 is 5.73 Å². The summed E-state index contributed by atoms with van der Waals surface area (Å²) in [6.07, 6.45) is 2.42. The Labute approximate surface area is 74.3 Å². The number of amides is 1. The quantitative estimate of drug-likeness (QED) is 0.618. The summed E-state index contributed by atoms with van der Waals surface area (Å²) in [4.78, 5) is 10.6. The molecule has 3 nitrogen and oxygen atoms in total. The number of hydrogen-bond acceptors (Lipinski definition) is 2. The molecule has 12 heavy (non-hydrogen) atoms. The average Bonchev–Trinajstić information content (AvgIpc) is 1.84. The van der Waals surface area contributed by atoms with Crippen LogP contribution in [0.1, 0.15) is 40.0 Å². The molecule has 1 amide bonds. The van der Waals surface area contributed by atoms with Crippen LogP contribution in [-0.2, 0) is 9.53 Å². The highest BCUT2D eigenvalue weighted by Gasteiger charge is 2.20. The summed E-state index contributed by atoms with van der Waals surface area (Å²) < 4.78 is 5.48. The van der Waals surface area contributed by atoms with E-state index in [2.05, 4.69) is 6.92 Å². The maximum absolute atomic E-state index is 10.6. The van der Waals surface area contributed by atoms with Gasteiger partial charge in [-0.15, -0.1) is 0 Å². The lowest BCUT2D eigenvalue weighted by atomic mass is 10.1. The molecule has 0 unspecified atom stereocenters. The Bertz CT molecular complexity index is 143. The zero-order chi connectivity index (χ0) is 9.61. The van der Waals surface area contributed by atoms with Crippen molar-refractivity contribution in [1.29, 1.82) is 0 Å². The van der Waals surface area contributed by atoms with E-state index >= 15 is 0 Å². The second-order valence-electron chi connectivity index (χ2n) is 3.60. The summed E-state index contributed by atoms with van der Waals surface area (Å²) in [5.74, 6) is -0.309. The molecule has 0 aromatic carbocycles. The number of rotatable bonds is 6. The number of unbranched alkanes of at least 4 members (excludes halogenated alkanes) is 1. The molecule has 0 saturated carbocycles. The van der Waals surface area contributed by atoms with Gasteiger partial charge >= 0.3 is 0 Å². The Hall–Kier alpha value is -0.570. The molecule has 3 heteroatoms. The SMILES string of the molecule is CCCCOC(C)(C)CC(N)=O. The van der Waals surface area contributed by atoms with Crippen molar-refractivity contribution in [3.05, 3.63) is 0 Å². The lowest BCUT2D eigenvalue weighted by molar-refractivity contribution is -0.124. The van der Waals surface area contributed by atoms with Gasteiger partial charge in [-0.2, -0.15) is 0 Å². The second-order valence-corrected chi connectivity index (χ2v) is 3.60. The maximum Gasteiger partial charge on any atom is 0.220 e. The third-order valence-corrected chi connectivity index (χ3v) is 1.59. The molecule has 2 N–H and O–H groups in total. The van der Waals surface area contributed by atoms with Gasteiger partial charge in [0.25, 0.3) is 0 Å². The van der Waals surface area contributed by atoms with Crippen molar-refractivity contribution >= 4 is 5.91 Å². The second kappa shape index (κ2) is 5.14. The molecule has 0 aliphatic rings. The number of ether oxygens (including phenoxy) is 1. The van der Waals surface area contributed by atoms with Crippen LogP contribution in [-0.4, -0.2) is 18.1 Å². The topological polar surface area (TPSA) is 52.3 Å². The Morgan fingerprint density at radius 1 is 1.50 bits per heavy atom. The number of carbonyl (C=O) groups is 1. The summed E-state index contributed by atoms with van der Waals surface area (Å²) in [7, 11) is 0. The molecular formula is C9H19NO2. The van der Waals surface area contributed by atoms with E-state index < -0.39 is 5.60 Å². The minimum absolute atomic E-state index is 0.288. The molecule has 0 fully saturated rings. The zero-order valence-corrected chi connectivity index (χ0v) is 8.22. The highest BCUT2D eigenvalue weighted by atomic mass is 16.5. The van der Waals surface area contributed by atoms with E-state index in [1.54, 1.807) is 0 Å². The highest BCUT2D eigenvalue weighted by Crippen LogP contribution is 2.14. The van der Waals surface area contributed by atoms with Crippen LogP contribution in [0, 0.1) is 0 Å². The molecule has 0 aromatic rings. The number of primary amides is 1. The summed E-state index contributed by atoms with van der Waals surface area (Å²) in [6.45, 7) is 6.57. The number of hydrogen-bond donors (Lipinski definition) is 1. The lowest BCUT2D eigenvalue weighted by Crippen LogP contribution is -2.31. The van der Waals surface area contributed by atoms with E-state index in [9.17, 15) is 4.79 Å². The summed E-state index contributed by atoms with van der Waals surface area (Å²) in [5, 5.41) is 0. The minimum Gasteiger partial charge on any atom is -0.375 e. The molecule has 0 spiro atoms. The van der Waals surface area contributed by atoms with Gasteiger partial charge in [0, 0.05) is 6.61 Å². The van der Waals surface area contributed by atoms with Crippen molar-refractivity contribution in [2.75, 3.05) is 6.61 Å². The van der Waals surface area contributed by atoms with Crippen molar-refractivity contribution in [2.24, 2.45) is 5.73 Å². The first kappa shape index (κ1) is 11.4. The van der Waals surface area contributed by atoms with E-state index in [0.717, 1.165) is 12.8 Å². The molecule has 0 radical (unpaired) electrons. The first-order valence-corrected chi connectivity index (χ1v) is 4.40. The van der Waals surface area contributed by atoms with Gasteiger partial charge < -0.3 is 10.5 Å². The first-order chi connectivity index (χ1) is 5.48. The molecule has 0 aliphatic heterocycles. The molecule has 0 saturated heterocycles. The van der Waals surface area contributed by atoms with Gasteiger partial charge in [-0.3, -0.25) is 4.79 Å². The van der Waals surface area contributed by atoms with E-state index in [1.165, 1.54) is 0 Å². The molecule has 0 aliphatic carbocycles. The fourth-order valence-electron chi connectivity index (χ4n) is 0.963. The monoisotopic (exact) mass is 173 g/mol. The standard InChI is InChI=1S/C9H19NO2/c1-4-5-6-12-9(2,3)7-8(10)11/h4-7H2,1-3H3,(H2,10,11). The van der Waals surface area contributed by atoms with E-state index in [0.29, 0.717) is 6.61 Å². The number of nitrogens with two attached hydrogens (primary N) is 1. The van der Waals surface area contributed by atoms with E-state index in [4.69, 9.17) is 10.5 Å². The Morgan fingerprint density at radius 3 is 2.50 bits per heavy atom. The predicted octanol–water partition coefficient (Wildman–Crippen LogP) is 1.46. The molecular weight excluding hydrogens is 154 g/mol. The van der Waals surface area contributed by atoms with Crippen LogP contribution in [0.15, 0.2) is 0 Å². The predicted molar refractivity (Wildman–Crippen MR) is 48.8 cm³/mol. The summed E-state index contributed by atoms with van der Waals surface area (Å²) >= 11 is 0. The van der Waals surface area contributed by atoms with Crippen molar-refractivity contribution in [3.63, 3.8) is 0 Å². The number of carbonyl (C=O) groups excluding carboxylic acids is 1. The van der Waals surface area contributed by atoms with Crippen LogP contribution in [0.4, 0.5) is 0 Å². The maximum atomic E-state index is 10.6. The molecule has 72 valence electrons. The van der Waals surface area contributed by atoms with Crippen LogP contribution in [0.25, 0.3) is 0 Å². The van der Waals surface area contributed by atoms with Crippen LogP contribution in [0.2, 0.25) is 0 Å². The molecule has 0 heterocycles. The van der Waals surface area contributed by atoms with Crippen LogP contribution in [0.3, 0.4) is 0 Å². The average molecular weight is 173 g/mol. The lowest BCUT2D eigenvalue weighted by Gasteiger charge is -2.23. The zero-order valence-electron chi connectivity index (χ0n) is 8.22. The smallest absolute Gasteiger partial charge is 0.220 e. The molecule has 0 rings (SSSR count). The Kier molecular flexibility index (Phi) is 4.90. The fraction of sp³-hybridized carbons (Fsp3) is 0.889. The fourth-order valence-corrected chi connectivity index (χ4v) is 0.963. The van der Waals surface area contributed by atoms with Crippen molar-refractivity contribution in [3.8, 4) is 0 Å². The normalized spacial score (nSPS) is 11.6. The van der Waals surface area contributed by atoms with Gasteiger partial charge in [0.1, 0.15) is 0 Å². The van der Waals surface area contributed by atoms with E-state index in [1.807, 2.05) is 13.8 Å². The third kappa shape index (κ3) is 6.16. The van der Waals surface area contributed by atoms with Crippen molar-refractivity contribution in [1.82, 2.24) is 0 Å². The summed E-state index contributed by atoms with van der Waals surface area (Å²) in [6, 6.07) is 0. The van der Waals surface area contributed by atoms with Gasteiger partial charge in [-0.05, 0) is 20.3 Å². The highest BCUT2D eigenvalue weighted by molar-refractivity contribution is 5.74.